The Balaban J connectivity index is 2.05. The van der Waals surface area contributed by atoms with E-state index in [0.717, 1.165) is 21.9 Å². The van der Waals surface area contributed by atoms with E-state index in [4.69, 9.17) is 23.2 Å². The highest BCUT2D eigenvalue weighted by Crippen LogP contribution is 2.27. The van der Waals surface area contributed by atoms with Crippen LogP contribution in [-0.2, 0) is 26.2 Å². The number of benzene rings is 3. The molecule has 2 amide bonds. The highest BCUT2D eigenvalue weighted by atomic mass is 35.5. The smallest absolute Gasteiger partial charge is 0.264 e. The lowest BCUT2D eigenvalue weighted by Gasteiger charge is -2.32. The summed E-state index contributed by atoms with van der Waals surface area (Å²) in [4.78, 5) is 28.5. The zero-order valence-corrected chi connectivity index (χ0v) is 25.6. The Morgan fingerprint density at radius 1 is 0.900 bits per heavy atom. The first-order valence-electron chi connectivity index (χ1n) is 13.0. The van der Waals surface area contributed by atoms with Crippen LogP contribution in [0.2, 0.25) is 10.0 Å². The largest absolute Gasteiger partial charge is 0.352 e. The quantitative estimate of drug-likeness (QED) is 0.285. The van der Waals surface area contributed by atoms with E-state index in [9.17, 15) is 18.0 Å². The Morgan fingerprint density at radius 2 is 1.57 bits per heavy atom. The fraction of sp³-hybridized carbons (Fsp3) is 0.333. The van der Waals surface area contributed by atoms with Gasteiger partial charge in [-0.3, -0.25) is 13.9 Å². The van der Waals surface area contributed by atoms with Crippen LogP contribution in [0.1, 0.15) is 43.9 Å². The van der Waals surface area contributed by atoms with Crippen LogP contribution in [0.15, 0.2) is 71.6 Å². The average molecular weight is 605 g/mol. The maximum absolute atomic E-state index is 14.0. The second-order valence-corrected chi connectivity index (χ2v) is 12.6. The standard InChI is InChI=1S/C30H35Cl2N3O4S/c1-6-22(4)33-30(37)23(5)34(18-24-8-7-9-26(32)17-24)29(36)19-35(27-13-10-20(2)21(3)16-27)40(38,39)28-14-11-25(31)12-15-28/h7-17,22-23H,6,18-19H2,1-5H3,(H,33,37)/t22-,23+/m0/s1. The molecule has 0 spiro atoms. The summed E-state index contributed by atoms with van der Waals surface area (Å²) >= 11 is 12.2. The lowest BCUT2D eigenvalue weighted by atomic mass is 10.1. The van der Waals surface area contributed by atoms with Gasteiger partial charge in [0.05, 0.1) is 10.6 Å². The van der Waals surface area contributed by atoms with Crippen LogP contribution in [0.3, 0.4) is 0 Å². The van der Waals surface area contributed by atoms with Crippen molar-refractivity contribution >= 4 is 50.7 Å². The fourth-order valence-electron chi connectivity index (χ4n) is 4.02. The molecule has 40 heavy (non-hydrogen) atoms. The summed E-state index contributed by atoms with van der Waals surface area (Å²) in [5.74, 6) is -0.870. The van der Waals surface area contributed by atoms with Gasteiger partial charge in [0.15, 0.2) is 0 Å². The van der Waals surface area contributed by atoms with Crippen LogP contribution >= 0.6 is 23.2 Å². The number of hydrogen-bond donors (Lipinski definition) is 1. The van der Waals surface area contributed by atoms with E-state index >= 15 is 0 Å². The van der Waals surface area contributed by atoms with Crippen molar-refractivity contribution in [2.45, 2.75) is 64.6 Å². The van der Waals surface area contributed by atoms with Crippen molar-refractivity contribution < 1.29 is 18.0 Å². The molecule has 10 heteroatoms. The number of carbonyl (C=O) groups excluding carboxylic acids is 2. The maximum atomic E-state index is 14.0. The molecule has 0 bridgehead atoms. The normalized spacial score (nSPS) is 12.9. The van der Waals surface area contributed by atoms with E-state index in [1.807, 2.05) is 33.8 Å². The molecular weight excluding hydrogens is 569 g/mol. The number of rotatable bonds is 11. The maximum Gasteiger partial charge on any atom is 0.264 e. The molecule has 0 aliphatic heterocycles. The SMILES string of the molecule is CC[C@H](C)NC(=O)[C@@H](C)N(Cc1cccc(Cl)c1)C(=O)CN(c1ccc(C)c(C)c1)S(=O)(=O)c1ccc(Cl)cc1. The number of amides is 2. The van der Waals surface area contributed by atoms with Gasteiger partial charge in [-0.1, -0.05) is 48.3 Å². The van der Waals surface area contributed by atoms with Gasteiger partial charge < -0.3 is 10.2 Å². The molecule has 7 nitrogen and oxygen atoms in total. The van der Waals surface area contributed by atoms with Gasteiger partial charge >= 0.3 is 0 Å². The van der Waals surface area contributed by atoms with Crippen molar-refractivity contribution in [3.05, 3.63) is 93.5 Å². The predicted molar refractivity (Wildman–Crippen MR) is 161 cm³/mol. The Labute approximate surface area is 247 Å². The summed E-state index contributed by atoms with van der Waals surface area (Å²) in [5, 5.41) is 3.80. The third-order valence-electron chi connectivity index (χ3n) is 6.87. The molecule has 0 saturated carbocycles. The van der Waals surface area contributed by atoms with E-state index in [1.165, 1.54) is 29.2 Å². The van der Waals surface area contributed by atoms with Crippen LogP contribution in [0.5, 0.6) is 0 Å². The van der Waals surface area contributed by atoms with E-state index < -0.39 is 28.5 Å². The van der Waals surface area contributed by atoms with Gasteiger partial charge in [0.2, 0.25) is 11.8 Å². The van der Waals surface area contributed by atoms with Crippen LogP contribution in [0.4, 0.5) is 5.69 Å². The van der Waals surface area contributed by atoms with Gasteiger partial charge in [0, 0.05) is 22.6 Å². The molecule has 1 N–H and O–H groups in total. The number of nitrogens with one attached hydrogen (secondary N) is 1. The van der Waals surface area contributed by atoms with Crippen LogP contribution in [0.25, 0.3) is 0 Å². The summed E-state index contributed by atoms with van der Waals surface area (Å²) in [6.45, 7) is 8.81. The molecule has 0 unspecified atom stereocenters. The lowest BCUT2D eigenvalue weighted by Crippen LogP contribution is -2.52. The first-order chi connectivity index (χ1) is 18.8. The molecule has 3 aromatic rings. The number of carbonyl (C=O) groups is 2. The minimum absolute atomic E-state index is 0.00752. The van der Waals surface area contributed by atoms with Gasteiger partial charge in [-0.2, -0.15) is 0 Å². The van der Waals surface area contributed by atoms with E-state index in [0.29, 0.717) is 21.3 Å². The molecule has 0 saturated heterocycles. The first-order valence-corrected chi connectivity index (χ1v) is 15.2. The second-order valence-electron chi connectivity index (χ2n) is 9.88. The zero-order valence-electron chi connectivity index (χ0n) is 23.3. The molecule has 0 aliphatic rings. The van der Waals surface area contributed by atoms with Crippen LogP contribution in [0, 0.1) is 13.8 Å². The summed E-state index contributed by atoms with van der Waals surface area (Å²) in [6, 6.07) is 17.0. The number of hydrogen-bond acceptors (Lipinski definition) is 4. The predicted octanol–water partition coefficient (Wildman–Crippen LogP) is 6.14. The third-order valence-corrected chi connectivity index (χ3v) is 9.14. The van der Waals surface area contributed by atoms with Crippen molar-refractivity contribution in [1.82, 2.24) is 10.2 Å². The van der Waals surface area contributed by atoms with Gasteiger partial charge in [-0.15, -0.1) is 0 Å². The summed E-state index contributed by atoms with van der Waals surface area (Å²) in [7, 11) is -4.17. The first kappa shape index (κ1) is 31.5. The minimum atomic E-state index is -4.17. The molecule has 0 fully saturated rings. The van der Waals surface area contributed by atoms with Crippen molar-refractivity contribution in [3.8, 4) is 0 Å². The van der Waals surface area contributed by atoms with Crippen LogP contribution < -0.4 is 9.62 Å². The van der Waals surface area contributed by atoms with Gasteiger partial charge in [-0.05, 0) is 99.3 Å². The third kappa shape index (κ3) is 7.77. The minimum Gasteiger partial charge on any atom is -0.352 e. The number of aryl methyl sites for hydroxylation is 2. The Kier molecular flexibility index (Phi) is 10.6. The molecule has 3 rings (SSSR count). The highest BCUT2D eigenvalue weighted by Gasteiger charge is 2.33. The number of halogens is 2. The molecule has 3 aromatic carbocycles. The van der Waals surface area contributed by atoms with Gasteiger partial charge in [-0.25, -0.2) is 8.42 Å². The topological polar surface area (TPSA) is 86.8 Å². The Bertz CT molecular complexity index is 1460. The highest BCUT2D eigenvalue weighted by molar-refractivity contribution is 7.92. The number of nitrogens with zero attached hydrogens (tertiary/aromatic N) is 2. The molecule has 214 valence electrons. The van der Waals surface area contributed by atoms with Crippen molar-refractivity contribution in [2.24, 2.45) is 0 Å². The number of sulfonamides is 1. The van der Waals surface area contributed by atoms with Gasteiger partial charge in [0.1, 0.15) is 12.6 Å². The zero-order chi connectivity index (χ0) is 29.6. The van der Waals surface area contributed by atoms with Crippen molar-refractivity contribution in [3.63, 3.8) is 0 Å². The van der Waals surface area contributed by atoms with E-state index in [-0.39, 0.29) is 23.4 Å². The van der Waals surface area contributed by atoms with E-state index in [1.54, 1.807) is 43.3 Å². The lowest BCUT2D eigenvalue weighted by molar-refractivity contribution is -0.139. The van der Waals surface area contributed by atoms with E-state index in [2.05, 4.69) is 5.32 Å². The average Bonchev–Trinajstić information content (AvgIpc) is 2.91. The summed E-state index contributed by atoms with van der Waals surface area (Å²) < 4.78 is 28.9. The molecular formula is C30H35Cl2N3O4S. The molecule has 0 aliphatic carbocycles. The van der Waals surface area contributed by atoms with Crippen molar-refractivity contribution in [1.29, 1.82) is 0 Å². The fourth-order valence-corrected chi connectivity index (χ4v) is 5.77. The molecule has 0 aromatic heterocycles. The Morgan fingerprint density at radius 3 is 2.17 bits per heavy atom. The summed E-state index contributed by atoms with van der Waals surface area (Å²) in [6.07, 6.45) is 0.723. The van der Waals surface area contributed by atoms with Crippen molar-refractivity contribution in [2.75, 3.05) is 10.8 Å². The Hall–Kier alpha value is -3.07. The van der Waals surface area contributed by atoms with Crippen LogP contribution in [-0.4, -0.2) is 43.8 Å². The molecule has 2 atom stereocenters. The summed E-state index contributed by atoms with van der Waals surface area (Å²) in [5.41, 5.74) is 2.91. The molecule has 0 heterocycles. The van der Waals surface area contributed by atoms with Gasteiger partial charge in [0.25, 0.3) is 10.0 Å². The molecule has 0 radical (unpaired) electrons. The number of anilines is 1. The second kappa shape index (κ2) is 13.5. The monoisotopic (exact) mass is 603 g/mol.